The first-order valence-corrected chi connectivity index (χ1v) is 7.89. The molecule has 0 aliphatic rings. The fraction of sp³-hybridized carbons (Fsp3) is 0. The zero-order valence-corrected chi connectivity index (χ0v) is 11.9. The van der Waals surface area contributed by atoms with E-state index < -0.39 is 0 Å². The van der Waals surface area contributed by atoms with Gasteiger partial charge in [-0.2, -0.15) is 0 Å². The SMILES string of the molecule is O=[N+]([O-])c1ccc(/C=C/[Te]c2ccccc2)cc1. The van der Waals surface area contributed by atoms with Crippen molar-refractivity contribution in [3.63, 3.8) is 0 Å². The Balaban J connectivity index is 1.99. The Kier molecular flexibility index (Phi) is 4.52. The molecule has 2 aromatic rings. The Labute approximate surface area is 115 Å². The van der Waals surface area contributed by atoms with Gasteiger partial charge in [0.25, 0.3) is 0 Å². The van der Waals surface area contributed by atoms with Crippen molar-refractivity contribution in [2.75, 3.05) is 0 Å². The number of nitro groups is 1. The van der Waals surface area contributed by atoms with Crippen LogP contribution in [-0.4, -0.2) is 25.8 Å². The second kappa shape index (κ2) is 6.34. The molecule has 0 spiro atoms. The molecule has 4 heteroatoms. The summed E-state index contributed by atoms with van der Waals surface area (Å²) >= 11 is -0.315. The number of nitro benzene ring substituents is 1. The topological polar surface area (TPSA) is 43.1 Å². The Morgan fingerprint density at radius 3 is 2.28 bits per heavy atom. The van der Waals surface area contributed by atoms with E-state index in [9.17, 15) is 10.1 Å². The van der Waals surface area contributed by atoms with Crippen LogP contribution < -0.4 is 3.61 Å². The molecule has 0 N–H and O–H groups in total. The van der Waals surface area contributed by atoms with Gasteiger partial charge in [0.1, 0.15) is 0 Å². The second-order valence-electron chi connectivity index (χ2n) is 3.58. The fourth-order valence-corrected chi connectivity index (χ4v) is 3.39. The van der Waals surface area contributed by atoms with Gasteiger partial charge in [0.15, 0.2) is 0 Å². The van der Waals surface area contributed by atoms with Crippen LogP contribution in [0.3, 0.4) is 0 Å². The van der Waals surface area contributed by atoms with Crippen molar-refractivity contribution in [2.45, 2.75) is 0 Å². The van der Waals surface area contributed by atoms with E-state index in [-0.39, 0.29) is 31.5 Å². The van der Waals surface area contributed by atoms with Crippen molar-refractivity contribution in [1.82, 2.24) is 0 Å². The van der Waals surface area contributed by atoms with Gasteiger partial charge in [-0.05, 0) is 0 Å². The van der Waals surface area contributed by atoms with Crippen LogP contribution >= 0.6 is 0 Å². The number of benzene rings is 2. The third-order valence-electron chi connectivity index (χ3n) is 2.31. The third kappa shape index (κ3) is 3.69. The summed E-state index contributed by atoms with van der Waals surface area (Å²) in [4.78, 5) is 10.1. The quantitative estimate of drug-likeness (QED) is 0.482. The monoisotopic (exact) mass is 355 g/mol. The summed E-state index contributed by atoms with van der Waals surface area (Å²) in [6, 6.07) is 17.0. The average Bonchev–Trinajstić information content (AvgIpc) is 2.40. The van der Waals surface area contributed by atoms with E-state index in [1.165, 1.54) is 15.7 Å². The van der Waals surface area contributed by atoms with Crippen molar-refractivity contribution < 1.29 is 4.92 Å². The summed E-state index contributed by atoms with van der Waals surface area (Å²) < 4.78 is 3.56. The molecule has 18 heavy (non-hydrogen) atoms. The Morgan fingerprint density at radius 1 is 1.00 bits per heavy atom. The molecule has 0 heterocycles. The molecule has 0 aromatic heterocycles. The van der Waals surface area contributed by atoms with E-state index >= 15 is 0 Å². The zero-order chi connectivity index (χ0) is 12.8. The van der Waals surface area contributed by atoms with Crippen molar-refractivity contribution in [3.05, 3.63) is 74.4 Å². The van der Waals surface area contributed by atoms with Crippen LogP contribution in [-0.2, 0) is 0 Å². The number of hydrogen-bond donors (Lipinski definition) is 0. The molecule has 0 unspecified atom stereocenters. The van der Waals surface area contributed by atoms with E-state index in [4.69, 9.17) is 0 Å². The first kappa shape index (κ1) is 12.8. The van der Waals surface area contributed by atoms with Crippen LogP contribution in [0.15, 0.2) is 58.7 Å². The Morgan fingerprint density at radius 2 is 1.67 bits per heavy atom. The number of nitrogens with zero attached hydrogens (tertiary/aromatic N) is 1. The number of rotatable bonds is 4. The average molecular weight is 353 g/mol. The van der Waals surface area contributed by atoms with Gasteiger partial charge < -0.3 is 0 Å². The predicted octanol–water partition coefficient (Wildman–Crippen LogP) is 2.60. The van der Waals surface area contributed by atoms with Crippen LogP contribution in [0, 0.1) is 10.1 Å². The van der Waals surface area contributed by atoms with Gasteiger partial charge in [-0.1, -0.05) is 0 Å². The van der Waals surface area contributed by atoms with Crippen molar-refractivity contribution in [1.29, 1.82) is 0 Å². The number of non-ortho nitro benzene ring substituents is 1. The molecule has 0 radical (unpaired) electrons. The van der Waals surface area contributed by atoms with Crippen molar-refractivity contribution in [2.24, 2.45) is 0 Å². The summed E-state index contributed by atoms with van der Waals surface area (Å²) in [6.45, 7) is 0. The first-order valence-electron chi connectivity index (χ1n) is 5.38. The van der Waals surface area contributed by atoms with Gasteiger partial charge in [-0.25, -0.2) is 0 Å². The van der Waals surface area contributed by atoms with Crippen molar-refractivity contribution in [3.8, 4) is 0 Å². The second-order valence-corrected chi connectivity index (χ2v) is 6.38. The molecule has 0 atom stereocenters. The Bertz CT molecular complexity index is 550. The molecule has 90 valence electrons. The fourth-order valence-electron chi connectivity index (χ4n) is 1.40. The summed E-state index contributed by atoms with van der Waals surface area (Å²) in [6.07, 6.45) is 2.03. The molecule has 0 amide bonds. The summed E-state index contributed by atoms with van der Waals surface area (Å²) in [5.41, 5.74) is 1.13. The summed E-state index contributed by atoms with van der Waals surface area (Å²) in [5, 5.41) is 10.5. The molecule has 0 saturated carbocycles. The molecule has 0 aliphatic carbocycles. The minimum atomic E-state index is -0.383. The molecular weight excluding hydrogens is 342 g/mol. The third-order valence-corrected chi connectivity index (χ3v) is 4.64. The van der Waals surface area contributed by atoms with E-state index in [1.807, 2.05) is 24.3 Å². The van der Waals surface area contributed by atoms with Gasteiger partial charge >= 0.3 is 116 Å². The molecule has 0 fully saturated rings. The van der Waals surface area contributed by atoms with Gasteiger partial charge in [-0.3, -0.25) is 0 Å². The Hall–Kier alpha value is -1.63. The maximum atomic E-state index is 10.5. The van der Waals surface area contributed by atoms with Gasteiger partial charge in [0.2, 0.25) is 0 Å². The molecule has 2 rings (SSSR count). The van der Waals surface area contributed by atoms with E-state index in [0.29, 0.717) is 0 Å². The van der Waals surface area contributed by atoms with E-state index in [2.05, 4.69) is 16.3 Å². The van der Waals surface area contributed by atoms with E-state index in [0.717, 1.165) is 5.56 Å². The molecule has 0 aliphatic heterocycles. The predicted molar refractivity (Wildman–Crippen MR) is 74.0 cm³/mol. The first-order chi connectivity index (χ1) is 8.75. The van der Waals surface area contributed by atoms with Gasteiger partial charge in [-0.15, -0.1) is 0 Å². The molecule has 3 nitrogen and oxygen atoms in total. The number of hydrogen-bond acceptors (Lipinski definition) is 2. The van der Waals surface area contributed by atoms with Crippen LogP contribution in [0.4, 0.5) is 5.69 Å². The standard InChI is InChI=1S/C14H11NO2Te/c16-15(17)13-8-6-12(7-9-13)10-11-18-14-4-2-1-3-5-14/h1-11H/b11-10+. The van der Waals surface area contributed by atoms with Crippen LogP contribution in [0.5, 0.6) is 0 Å². The zero-order valence-electron chi connectivity index (χ0n) is 9.52. The van der Waals surface area contributed by atoms with Crippen LogP contribution in [0.1, 0.15) is 5.56 Å². The molecule has 0 saturated heterocycles. The van der Waals surface area contributed by atoms with Gasteiger partial charge in [0, 0.05) is 0 Å². The molecule has 2 aromatic carbocycles. The van der Waals surface area contributed by atoms with E-state index in [1.54, 1.807) is 12.1 Å². The van der Waals surface area contributed by atoms with Crippen LogP contribution in [0.2, 0.25) is 0 Å². The van der Waals surface area contributed by atoms with Crippen LogP contribution in [0.25, 0.3) is 6.08 Å². The maximum absolute atomic E-state index is 10.5. The normalized spacial score (nSPS) is 10.7. The van der Waals surface area contributed by atoms with Gasteiger partial charge in [0.05, 0.1) is 0 Å². The summed E-state index contributed by atoms with van der Waals surface area (Å²) in [5.74, 6) is 0. The molecule has 0 bridgehead atoms. The van der Waals surface area contributed by atoms with Crippen molar-refractivity contribution >= 4 is 36.3 Å². The summed E-state index contributed by atoms with van der Waals surface area (Å²) in [7, 11) is 0. The molecular formula is C14H11NO2Te. The minimum absolute atomic E-state index is 0.131.